The van der Waals surface area contributed by atoms with Crippen LogP contribution in [0.4, 0.5) is 13.2 Å². The molecule has 194 valence electrons. The maximum absolute atomic E-state index is 13.4. The summed E-state index contributed by atoms with van der Waals surface area (Å²) in [5, 5.41) is 3.22. The highest BCUT2D eigenvalue weighted by molar-refractivity contribution is 8.27. The third kappa shape index (κ3) is 7.55. The molecule has 0 spiro atoms. The topological polar surface area (TPSA) is 41.9 Å². The summed E-state index contributed by atoms with van der Waals surface area (Å²) in [5.74, 6) is 7.43. The molecule has 10 heteroatoms. The van der Waals surface area contributed by atoms with Gasteiger partial charge in [-0.25, -0.2) is 4.98 Å². The smallest absolute Gasteiger partial charge is 0.337 e. The summed E-state index contributed by atoms with van der Waals surface area (Å²) in [6.07, 6.45) is -1.75. The molecule has 0 atom stereocenters. The summed E-state index contributed by atoms with van der Waals surface area (Å²) >= 11 is 5.79. The molecule has 0 amide bonds. The van der Waals surface area contributed by atoms with Crippen LogP contribution in [0.25, 0.3) is 16.7 Å². The second-order valence-corrected chi connectivity index (χ2v) is 12.7. The van der Waals surface area contributed by atoms with Gasteiger partial charge in [-0.05, 0) is 64.0 Å². The number of thiophene rings is 1. The number of benzene rings is 1. The van der Waals surface area contributed by atoms with Crippen molar-refractivity contribution in [3.8, 4) is 0 Å². The Morgan fingerprint density at radius 2 is 1.80 bits per heavy atom. The van der Waals surface area contributed by atoms with Crippen molar-refractivity contribution < 1.29 is 13.2 Å². The lowest BCUT2D eigenvalue weighted by Gasteiger charge is -2.18. The van der Waals surface area contributed by atoms with Crippen molar-refractivity contribution in [2.24, 2.45) is 0 Å². The van der Waals surface area contributed by atoms with Crippen LogP contribution in [0.2, 0.25) is 0 Å². The lowest BCUT2D eigenvalue weighted by molar-refractivity contribution is -0.147. The maximum Gasteiger partial charge on any atom is 0.449 e. The fraction of sp³-hybridized carbons (Fsp3) is 0.400. The van der Waals surface area contributed by atoms with Crippen LogP contribution < -0.4 is 10.0 Å². The number of alkyl halides is 3. The second-order valence-electron chi connectivity index (χ2n) is 8.11. The van der Waals surface area contributed by atoms with E-state index >= 15 is 0 Å². The zero-order valence-electron chi connectivity index (χ0n) is 20.7. The Labute approximate surface area is 216 Å². The number of halogens is 3. The monoisotopic (exact) mass is 544 g/mol. The molecule has 0 unspecified atom stereocenters. The molecule has 1 aliphatic heterocycles. The van der Waals surface area contributed by atoms with Gasteiger partial charge in [0.2, 0.25) is 5.82 Å². The highest BCUT2D eigenvalue weighted by Gasteiger charge is 2.38. The van der Waals surface area contributed by atoms with E-state index in [0.717, 1.165) is 8.42 Å². The molecule has 1 fully saturated rings. The summed E-state index contributed by atoms with van der Waals surface area (Å²) in [7, 11) is -1.87. The van der Waals surface area contributed by atoms with Gasteiger partial charge in [-0.3, -0.25) is 0 Å². The van der Waals surface area contributed by atoms with Crippen LogP contribution in [0.1, 0.15) is 58.0 Å². The van der Waals surface area contributed by atoms with Gasteiger partial charge in [0.1, 0.15) is 0 Å². The highest BCUT2D eigenvalue weighted by Crippen LogP contribution is 2.38. The first-order valence-corrected chi connectivity index (χ1v) is 14.7. The van der Waals surface area contributed by atoms with Crippen molar-refractivity contribution in [1.29, 1.82) is 0 Å². The molecule has 4 rings (SSSR count). The van der Waals surface area contributed by atoms with E-state index in [9.17, 15) is 13.2 Å². The number of nitrogens with zero attached hydrogens (tertiary/aromatic N) is 2. The largest absolute Gasteiger partial charge is 0.449 e. The Morgan fingerprint density at radius 3 is 2.26 bits per heavy atom. The molecule has 0 aliphatic carbocycles. The minimum absolute atomic E-state index is 0.268. The quantitative estimate of drug-likeness (QED) is 0.229. The van der Waals surface area contributed by atoms with Gasteiger partial charge < -0.3 is 14.6 Å². The molecule has 0 saturated carbocycles. The van der Waals surface area contributed by atoms with E-state index in [1.54, 1.807) is 32.0 Å². The molecular weight excluding hydrogens is 509 g/mol. The van der Waals surface area contributed by atoms with Crippen molar-refractivity contribution in [3.05, 3.63) is 48.3 Å². The van der Waals surface area contributed by atoms with Crippen LogP contribution in [0.3, 0.4) is 0 Å². The number of imidazole rings is 1. The van der Waals surface area contributed by atoms with Crippen molar-refractivity contribution >= 4 is 61.8 Å². The number of thiol groups is 1. The van der Waals surface area contributed by atoms with E-state index < -0.39 is 21.4 Å². The Bertz CT molecular complexity index is 1230. The third-order valence-corrected chi connectivity index (χ3v) is 8.89. The SMILES string of the molecule is C1CCNC1.C=C(NS(=C)(=C)c1ccc(S)s1)c1ccc2c(c1)nc(C(F)(F)F)n2C(C)C.CC. The molecule has 1 aliphatic rings. The molecule has 35 heavy (non-hydrogen) atoms. The van der Waals surface area contributed by atoms with Crippen molar-refractivity contribution in [2.45, 2.75) is 61.2 Å². The number of aromatic nitrogens is 2. The maximum atomic E-state index is 13.4. The lowest BCUT2D eigenvalue weighted by Crippen LogP contribution is -2.16. The van der Waals surface area contributed by atoms with Crippen LogP contribution in [-0.2, 0) is 6.18 Å². The number of rotatable bonds is 5. The Kier molecular flexibility index (Phi) is 10.4. The fourth-order valence-electron chi connectivity index (χ4n) is 3.50. The molecule has 1 saturated heterocycles. The average Bonchev–Trinajstić information content (AvgIpc) is 3.55. The summed E-state index contributed by atoms with van der Waals surface area (Å²) in [6.45, 7) is 13.9. The zero-order valence-corrected chi connectivity index (χ0v) is 23.2. The molecular formula is C25H35F3N4S3. The Hall–Kier alpha value is -1.88. The van der Waals surface area contributed by atoms with Gasteiger partial charge in [-0.1, -0.05) is 38.2 Å². The third-order valence-electron chi connectivity index (χ3n) is 5.04. The minimum Gasteiger partial charge on any atom is -0.337 e. The van der Waals surface area contributed by atoms with Crippen molar-refractivity contribution in [2.75, 3.05) is 13.1 Å². The zero-order chi connectivity index (χ0) is 26.4. The van der Waals surface area contributed by atoms with Crippen molar-refractivity contribution in [1.82, 2.24) is 19.6 Å². The first-order chi connectivity index (χ1) is 16.4. The number of fused-ring (bicyclic) bond motifs is 1. The Morgan fingerprint density at radius 1 is 1.17 bits per heavy atom. The number of hydrogen-bond donors (Lipinski definition) is 3. The first-order valence-electron chi connectivity index (χ1n) is 11.5. The summed E-state index contributed by atoms with van der Waals surface area (Å²) in [5.41, 5.74) is 1.87. The summed E-state index contributed by atoms with van der Waals surface area (Å²) in [4.78, 5) is 3.84. The molecule has 3 aromatic rings. The van der Waals surface area contributed by atoms with Crippen LogP contribution in [0.15, 0.2) is 45.3 Å². The van der Waals surface area contributed by atoms with E-state index in [1.165, 1.54) is 41.8 Å². The molecule has 1 aromatic carbocycles. The molecule has 0 bridgehead atoms. The minimum atomic E-state index is -4.53. The fourth-order valence-corrected chi connectivity index (χ4v) is 6.58. The van der Waals surface area contributed by atoms with E-state index in [2.05, 4.69) is 46.0 Å². The lowest BCUT2D eigenvalue weighted by atomic mass is 10.1. The molecule has 4 nitrogen and oxygen atoms in total. The van der Waals surface area contributed by atoms with Gasteiger partial charge in [-0.15, -0.1) is 33.4 Å². The molecule has 2 N–H and O–H groups in total. The predicted octanol–water partition coefficient (Wildman–Crippen LogP) is 7.59. The van der Waals surface area contributed by atoms with Gasteiger partial charge in [0.05, 0.1) is 19.5 Å². The molecule has 3 heterocycles. The molecule has 2 aromatic heterocycles. The van der Waals surface area contributed by atoms with Crippen LogP contribution >= 0.6 is 33.4 Å². The van der Waals surface area contributed by atoms with Gasteiger partial charge in [0.15, 0.2) is 0 Å². The number of nitrogens with one attached hydrogen (secondary N) is 2. The van der Waals surface area contributed by atoms with E-state index in [1.807, 2.05) is 26.0 Å². The predicted molar refractivity (Wildman–Crippen MR) is 152 cm³/mol. The van der Waals surface area contributed by atoms with Gasteiger partial charge in [-0.2, -0.15) is 13.2 Å². The molecule has 0 radical (unpaired) electrons. The normalized spacial score (nSPS) is 13.7. The van der Waals surface area contributed by atoms with Crippen molar-refractivity contribution in [3.63, 3.8) is 0 Å². The summed E-state index contributed by atoms with van der Waals surface area (Å²) < 4.78 is 46.4. The van der Waals surface area contributed by atoms with Gasteiger partial charge in [0, 0.05) is 17.3 Å². The average molecular weight is 545 g/mol. The van der Waals surface area contributed by atoms with Crippen LogP contribution in [0.5, 0.6) is 0 Å². The van der Waals surface area contributed by atoms with Gasteiger partial charge in [0.25, 0.3) is 0 Å². The number of hydrogen-bond acceptors (Lipinski definition) is 5. The highest BCUT2D eigenvalue weighted by atomic mass is 32.2. The van der Waals surface area contributed by atoms with Gasteiger partial charge >= 0.3 is 6.18 Å². The summed E-state index contributed by atoms with van der Waals surface area (Å²) in [6, 6.07) is 8.37. The second kappa shape index (κ2) is 12.4. The van der Waals surface area contributed by atoms with Crippen LogP contribution in [-0.4, -0.2) is 34.4 Å². The Balaban J connectivity index is 0.000000538. The first kappa shape index (κ1) is 29.4. The van der Waals surface area contributed by atoms with E-state index in [0.29, 0.717) is 16.8 Å². The van der Waals surface area contributed by atoms with Crippen LogP contribution in [0, 0.1) is 0 Å². The van der Waals surface area contributed by atoms with E-state index in [4.69, 9.17) is 0 Å². The van der Waals surface area contributed by atoms with E-state index in [-0.39, 0.29) is 11.6 Å². The standard InChI is InChI=1S/C19H20F3N3S3.C4H9N.C2H6/c1-11(2)25-15-7-6-13(10-14(15)23-18(25)19(20,21)22)12(3)24-28(4,5)17-9-8-16(26)27-17;1-2-4-5-3-1;1-2/h6-11,24,26H,3-5H2,1-2H3;5H,1-4H2;1-2H3.